The summed E-state index contributed by atoms with van der Waals surface area (Å²) in [5, 5.41) is 13.6. The van der Waals surface area contributed by atoms with Crippen molar-refractivity contribution in [2.75, 3.05) is 19.7 Å². The molecule has 0 spiro atoms. The van der Waals surface area contributed by atoms with E-state index >= 15 is 0 Å². The predicted octanol–water partition coefficient (Wildman–Crippen LogP) is 2.47. The molecule has 31 heavy (non-hydrogen) atoms. The van der Waals surface area contributed by atoms with E-state index in [1.807, 2.05) is 45.0 Å². The largest absolute Gasteiger partial charge is 0.395 e. The number of hydrogen-bond acceptors (Lipinski definition) is 5. The van der Waals surface area contributed by atoms with Crippen LogP contribution < -0.4 is 10.9 Å². The van der Waals surface area contributed by atoms with E-state index in [0.29, 0.717) is 30.4 Å². The number of rotatable bonds is 12. The minimum absolute atomic E-state index is 0.137. The molecule has 0 unspecified atom stereocenters. The standard InChI is InChI=1S/C23H33N3O5/c1-23(2,3)31-25(17-28)13-8-4-5-9-14-26-20-11-7-6-10-18(20)19(16-21(26)29)22(30)24-12-15-27/h6-7,10-11,16-17,27H,4-5,8-9,12-15H2,1-3H3,(H,24,30). The van der Waals surface area contributed by atoms with Gasteiger partial charge in [-0.3, -0.25) is 19.2 Å². The van der Waals surface area contributed by atoms with Crippen LogP contribution in [0.15, 0.2) is 35.1 Å². The predicted molar refractivity (Wildman–Crippen MR) is 120 cm³/mol. The molecular weight excluding hydrogens is 398 g/mol. The number of aliphatic hydroxyl groups is 1. The van der Waals surface area contributed by atoms with Crippen molar-refractivity contribution in [1.29, 1.82) is 0 Å². The van der Waals surface area contributed by atoms with Gasteiger partial charge in [0, 0.05) is 31.1 Å². The molecule has 170 valence electrons. The molecule has 2 aromatic rings. The molecule has 2 N–H and O–H groups in total. The number of benzene rings is 1. The van der Waals surface area contributed by atoms with Crippen LogP contribution in [0.2, 0.25) is 0 Å². The molecule has 8 heteroatoms. The number of hydrogen-bond donors (Lipinski definition) is 2. The van der Waals surface area contributed by atoms with Crippen molar-refractivity contribution in [2.24, 2.45) is 0 Å². The van der Waals surface area contributed by atoms with Crippen LogP contribution in [0.1, 0.15) is 56.8 Å². The first kappa shape index (κ1) is 24.6. The Bertz CT molecular complexity index is 933. The summed E-state index contributed by atoms with van der Waals surface area (Å²) in [7, 11) is 0. The summed E-state index contributed by atoms with van der Waals surface area (Å²) in [6.07, 6.45) is 4.14. The highest BCUT2D eigenvalue weighted by Crippen LogP contribution is 2.18. The van der Waals surface area contributed by atoms with E-state index in [1.54, 1.807) is 4.57 Å². The molecule has 2 amide bonds. The summed E-state index contributed by atoms with van der Waals surface area (Å²) in [4.78, 5) is 41.7. The number of aliphatic hydroxyl groups excluding tert-OH is 1. The highest BCUT2D eigenvalue weighted by molar-refractivity contribution is 6.06. The van der Waals surface area contributed by atoms with Gasteiger partial charge in [-0.25, -0.2) is 5.06 Å². The van der Waals surface area contributed by atoms with Gasteiger partial charge in [0.15, 0.2) is 0 Å². The maximum atomic E-state index is 12.7. The molecular formula is C23H33N3O5. The molecule has 0 aliphatic rings. The summed E-state index contributed by atoms with van der Waals surface area (Å²) < 4.78 is 1.69. The van der Waals surface area contributed by atoms with Crippen LogP contribution in [0.3, 0.4) is 0 Å². The smallest absolute Gasteiger partial charge is 0.252 e. The molecule has 0 aliphatic carbocycles. The number of nitrogens with one attached hydrogen (secondary N) is 1. The Morgan fingerprint density at radius 3 is 2.58 bits per heavy atom. The first-order valence-electron chi connectivity index (χ1n) is 10.7. The third-order valence-electron chi connectivity index (χ3n) is 4.68. The lowest BCUT2D eigenvalue weighted by Crippen LogP contribution is -2.33. The molecule has 2 rings (SSSR count). The number of carbonyl (C=O) groups excluding carboxylic acids is 2. The Morgan fingerprint density at radius 1 is 1.19 bits per heavy atom. The fraction of sp³-hybridized carbons (Fsp3) is 0.522. The topological polar surface area (TPSA) is 101 Å². The maximum Gasteiger partial charge on any atom is 0.252 e. The van der Waals surface area contributed by atoms with Crippen molar-refractivity contribution in [1.82, 2.24) is 14.9 Å². The Labute approximate surface area is 182 Å². The van der Waals surface area contributed by atoms with E-state index in [4.69, 9.17) is 9.94 Å². The lowest BCUT2D eigenvalue weighted by atomic mass is 10.1. The second-order valence-electron chi connectivity index (χ2n) is 8.41. The minimum atomic E-state index is -0.412. The van der Waals surface area contributed by atoms with Crippen molar-refractivity contribution in [3.63, 3.8) is 0 Å². The van der Waals surface area contributed by atoms with Gasteiger partial charge in [-0.2, -0.15) is 0 Å². The number of pyridine rings is 1. The monoisotopic (exact) mass is 431 g/mol. The number of nitrogens with zero attached hydrogens (tertiary/aromatic N) is 2. The number of unbranched alkanes of at least 4 members (excludes halogenated alkanes) is 3. The highest BCUT2D eigenvalue weighted by Gasteiger charge is 2.16. The number of fused-ring (bicyclic) bond motifs is 1. The summed E-state index contributed by atoms with van der Waals surface area (Å²) in [5.74, 6) is -0.369. The van der Waals surface area contributed by atoms with Gasteiger partial charge in [0.05, 0.1) is 23.3 Å². The molecule has 1 aromatic heterocycles. The maximum absolute atomic E-state index is 12.7. The van der Waals surface area contributed by atoms with Crippen LogP contribution in [0.5, 0.6) is 0 Å². The Morgan fingerprint density at radius 2 is 1.90 bits per heavy atom. The summed E-state index contributed by atoms with van der Waals surface area (Å²) in [6, 6.07) is 8.70. The minimum Gasteiger partial charge on any atom is -0.395 e. The fourth-order valence-electron chi connectivity index (χ4n) is 3.38. The normalized spacial score (nSPS) is 11.5. The molecule has 0 bridgehead atoms. The third kappa shape index (κ3) is 7.48. The molecule has 0 aliphatic heterocycles. The molecule has 1 heterocycles. The Hall–Kier alpha value is -2.71. The van der Waals surface area contributed by atoms with Crippen LogP contribution in [-0.4, -0.2) is 52.4 Å². The summed E-state index contributed by atoms with van der Waals surface area (Å²) in [5.41, 5.74) is 0.399. The van der Waals surface area contributed by atoms with Gasteiger partial charge in [0.1, 0.15) is 0 Å². The van der Waals surface area contributed by atoms with Gasteiger partial charge < -0.3 is 15.0 Å². The van der Waals surface area contributed by atoms with E-state index in [-0.39, 0.29) is 24.6 Å². The average Bonchev–Trinajstić information content (AvgIpc) is 2.73. The number of aromatic nitrogens is 1. The zero-order valence-electron chi connectivity index (χ0n) is 18.6. The number of aryl methyl sites for hydroxylation is 1. The molecule has 8 nitrogen and oxygen atoms in total. The quantitative estimate of drug-likeness (QED) is 0.305. The average molecular weight is 432 g/mol. The van der Waals surface area contributed by atoms with Crippen molar-refractivity contribution in [3.05, 3.63) is 46.2 Å². The molecule has 0 fully saturated rings. The number of para-hydroxylation sites is 1. The lowest BCUT2D eigenvalue weighted by Gasteiger charge is -2.26. The second-order valence-corrected chi connectivity index (χ2v) is 8.41. The van der Waals surface area contributed by atoms with E-state index in [0.717, 1.165) is 31.2 Å². The van der Waals surface area contributed by atoms with Crippen LogP contribution >= 0.6 is 0 Å². The number of hydroxylamine groups is 2. The van der Waals surface area contributed by atoms with E-state index in [1.165, 1.54) is 11.1 Å². The first-order chi connectivity index (χ1) is 14.8. The SMILES string of the molecule is CC(C)(C)ON(C=O)CCCCCCn1c(=O)cc(C(=O)NCCO)c2ccccc21. The lowest BCUT2D eigenvalue weighted by molar-refractivity contribution is -0.216. The molecule has 1 aromatic carbocycles. The second kappa shape index (κ2) is 11.6. The molecule has 0 atom stereocenters. The number of amides is 2. The van der Waals surface area contributed by atoms with Crippen LogP contribution in [0, 0.1) is 0 Å². The molecule has 0 saturated carbocycles. The molecule has 0 radical (unpaired) electrons. The summed E-state index contributed by atoms with van der Waals surface area (Å²) >= 11 is 0. The van der Waals surface area contributed by atoms with E-state index < -0.39 is 5.60 Å². The van der Waals surface area contributed by atoms with Gasteiger partial charge in [0.25, 0.3) is 11.5 Å². The van der Waals surface area contributed by atoms with Gasteiger partial charge >= 0.3 is 0 Å². The zero-order valence-corrected chi connectivity index (χ0v) is 18.6. The molecule has 0 saturated heterocycles. The highest BCUT2D eigenvalue weighted by atomic mass is 16.7. The van der Waals surface area contributed by atoms with Crippen molar-refractivity contribution >= 4 is 23.2 Å². The Kier molecular flexibility index (Phi) is 9.21. The van der Waals surface area contributed by atoms with Crippen LogP contribution in [0.25, 0.3) is 10.9 Å². The number of carbonyl (C=O) groups is 2. The van der Waals surface area contributed by atoms with E-state index in [9.17, 15) is 14.4 Å². The van der Waals surface area contributed by atoms with E-state index in [2.05, 4.69) is 5.32 Å². The van der Waals surface area contributed by atoms with Gasteiger partial charge in [-0.15, -0.1) is 0 Å². The van der Waals surface area contributed by atoms with Gasteiger partial charge in [-0.1, -0.05) is 31.0 Å². The first-order valence-corrected chi connectivity index (χ1v) is 10.7. The fourth-order valence-corrected chi connectivity index (χ4v) is 3.38. The zero-order chi connectivity index (χ0) is 22.9. The van der Waals surface area contributed by atoms with Crippen molar-refractivity contribution in [3.8, 4) is 0 Å². The van der Waals surface area contributed by atoms with Crippen molar-refractivity contribution < 1.29 is 19.5 Å². The summed E-state index contributed by atoms with van der Waals surface area (Å²) in [6.45, 7) is 6.74. The van der Waals surface area contributed by atoms with Crippen LogP contribution in [-0.2, 0) is 16.2 Å². The van der Waals surface area contributed by atoms with Gasteiger partial charge in [0.2, 0.25) is 6.41 Å². The Balaban J connectivity index is 1.97. The van der Waals surface area contributed by atoms with Gasteiger partial charge in [-0.05, 0) is 39.7 Å². The van der Waals surface area contributed by atoms with Crippen molar-refractivity contribution in [2.45, 2.75) is 58.6 Å². The third-order valence-corrected chi connectivity index (χ3v) is 4.68. The van der Waals surface area contributed by atoms with Crippen LogP contribution in [0.4, 0.5) is 0 Å².